The SMILES string of the molecule is Cc1cc(C(C)(C)C)cc(S(=O)(=O)c2cc(C(C)(C)C)cc(S(=O)[O-])c2O)c1O.Cc1cc(C(C)(C)C)cc(S(=O)[O-])c1O.Cc1cc(C(C)(C)C)cc(S)c1O.Cc1cc(C(C)(C)C)cc(Sc2cc(C(C)(C)C)cc(S)c2O)c1O.Cc1cccc(S)c1O.[Y].[Y].[Y].[Y].[Y]. The molecule has 7 rings (SSSR count). The second-order valence-corrected chi connectivity index (χ2v) is 35.0. The molecule has 0 heterocycles. The molecule has 0 amide bonds. The topological polar surface area (TPSA) is 256 Å². The van der Waals surface area contributed by atoms with Gasteiger partial charge in [-0.1, -0.05) is 173 Å². The van der Waals surface area contributed by atoms with Gasteiger partial charge in [-0.05, 0) is 205 Å². The summed E-state index contributed by atoms with van der Waals surface area (Å²) in [6.45, 7) is 45.3. The van der Waals surface area contributed by atoms with E-state index in [1.807, 2.05) is 117 Å². The molecule has 0 fully saturated rings. The fourth-order valence-corrected chi connectivity index (χ4v) is 13.1. The minimum atomic E-state index is -4.42. The van der Waals surface area contributed by atoms with Gasteiger partial charge in [0.25, 0.3) is 0 Å². The Hall–Kier alpha value is 0.229. The third-order valence-electron chi connectivity index (χ3n) is 14.7. The zero-order chi connectivity index (χ0) is 70.6. The molecule has 0 spiro atoms. The van der Waals surface area contributed by atoms with Gasteiger partial charge in [0.2, 0.25) is 9.84 Å². The molecule has 0 aliphatic rings. The molecule has 13 nitrogen and oxygen atoms in total. The van der Waals surface area contributed by atoms with Crippen LogP contribution in [0.4, 0.5) is 0 Å². The Kier molecular flexibility index (Phi) is 41.9. The molecule has 25 heteroatoms. The normalized spacial score (nSPS) is 12.2. The van der Waals surface area contributed by atoms with Crippen LogP contribution in [0.1, 0.15) is 186 Å². The third-order valence-corrected chi connectivity index (χ3v) is 20.0. The van der Waals surface area contributed by atoms with Gasteiger partial charge in [0.15, 0.2) is 0 Å². The smallest absolute Gasteiger partial charge is 0.213 e. The summed E-state index contributed by atoms with van der Waals surface area (Å²) in [5.41, 5.74) is 7.96. The average molecular weight is 1820 g/mol. The number of sulfone groups is 1. The van der Waals surface area contributed by atoms with E-state index in [0.29, 0.717) is 41.8 Å². The molecule has 0 aliphatic carbocycles. The van der Waals surface area contributed by atoms with Crippen molar-refractivity contribution in [2.45, 2.75) is 236 Å². The number of hydrogen-bond acceptors (Lipinski definition) is 17. The molecule has 515 valence electrons. The average Bonchev–Trinajstić information content (AvgIpc) is 0.755. The van der Waals surface area contributed by atoms with Crippen molar-refractivity contribution >= 4 is 81.6 Å². The molecule has 96 heavy (non-hydrogen) atoms. The summed E-state index contributed by atoms with van der Waals surface area (Å²) in [7, 11) is -4.42. The van der Waals surface area contributed by atoms with Gasteiger partial charge < -0.3 is 44.9 Å². The van der Waals surface area contributed by atoms with Gasteiger partial charge in [0.1, 0.15) is 50.0 Å². The van der Waals surface area contributed by atoms with E-state index < -0.39 is 58.7 Å². The van der Waals surface area contributed by atoms with Crippen LogP contribution in [0.5, 0.6) is 40.2 Å². The second kappa shape index (κ2) is 40.1. The number of para-hydroxylation sites is 1. The van der Waals surface area contributed by atoms with Crippen LogP contribution in [-0.2, 0) is 228 Å². The van der Waals surface area contributed by atoms with E-state index in [0.717, 1.165) is 38.3 Å². The Bertz CT molecular complexity index is 3860. The van der Waals surface area contributed by atoms with E-state index in [-0.39, 0.29) is 229 Å². The minimum absolute atomic E-state index is 0. The first-order valence-corrected chi connectivity index (χ1v) is 34.9. The van der Waals surface area contributed by atoms with Crippen molar-refractivity contribution in [3.05, 3.63) is 152 Å². The van der Waals surface area contributed by atoms with E-state index >= 15 is 0 Å². The van der Waals surface area contributed by atoms with Gasteiger partial charge in [-0.2, -0.15) is 0 Å². The number of phenols is 7. The maximum absolute atomic E-state index is 13.4. The van der Waals surface area contributed by atoms with Crippen LogP contribution in [-0.4, -0.2) is 61.7 Å². The summed E-state index contributed by atoms with van der Waals surface area (Å²) in [5.74, 6) is -0.458. The van der Waals surface area contributed by atoms with Crippen LogP contribution in [0.2, 0.25) is 0 Å². The first-order valence-electron chi connectivity index (χ1n) is 29.1. The maximum Gasteiger partial charge on any atom is 0.213 e. The Labute approximate surface area is 724 Å². The number of phenolic OH excluding ortho intramolecular Hbond substituents is 7. The van der Waals surface area contributed by atoms with Gasteiger partial charge >= 0.3 is 0 Å². The molecule has 7 N–H and O–H groups in total. The van der Waals surface area contributed by atoms with Crippen molar-refractivity contribution in [1.29, 1.82) is 0 Å². The largest absolute Gasteiger partial charge is 0.768 e. The molecule has 7 aromatic rings. The molecule has 0 saturated carbocycles. The van der Waals surface area contributed by atoms with Crippen LogP contribution < -0.4 is 0 Å². The van der Waals surface area contributed by atoms with E-state index in [1.165, 1.54) is 41.6 Å². The number of aryl methyl sites for hydroxylation is 5. The van der Waals surface area contributed by atoms with Crippen LogP contribution in [0.15, 0.2) is 135 Å². The molecular formula is C71H94O13S7Y5-2. The Morgan fingerprint density at radius 2 is 0.615 bits per heavy atom. The molecule has 2 atom stereocenters. The molecule has 7 aromatic carbocycles. The minimum Gasteiger partial charge on any atom is -0.768 e. The van der Waals surface area contributed by atoms with E-state index in [4.69, 9.17) is 5.11 Å². The number of benzene rings is 7. The van der Waals surface area contributed by atoms with Crippen LogP contribution in [0.3, 0.4) is 0 Å². The predicted molar refractivity (Wildman–Crippen MR) is 378 cm³/mol. The van der Waals surface area contributed by atoms with Gasteiger partial charge in [-0.15, -0.1) is 37.9 Å². The van der Waals surface area contributed by atoms with Crippen LogP contribution in [0.25, 0.3) is 0 Å². The fourth-order valence-electron chi connectivity index (χ4n) is 8.48. The van der Waals surface area contributed by atoms with Gasteiger partial charge in [-0.3, -0.25) is 8.42 Å². The fraction of sp³-hybridized carbons (Fsp3) is 0.408. The summed E-state index contributed by atoms with van der Waals surface area (Å²) in [6, 6.07) is 26.2. The number of aromatic hydroxyl groups is 7. The Morgan fingerprint density at radius 1 is 0.344 bits per heavy atom. The van der Waals surface area contributed by atoms with Gasteiger partial charge in [0, 0.05) is 178 Å². The zero-order valence-corrected chi connectivity index (χ0v) is 79.7. The second-order valence-electron chi connectivity index (χ2n) is 28.8. The van der Waals surface area contributed by atoms with Crippen LogP contribution in [0, 0.1) is 34.6 Å². The van der Waals surface area contributed by atoms with Gasteiger partial charge in [-0.25, -0.2) is 8.42 Å². The monoisotopic (exact) mass is 1820 g/mol. The Balaban J connectivity index is -0.00000117. The molecule has 0 saturated heterocycles. The predicted octanol–water partition coefficient (Wildman–Crippen LogP) is 18.0. The van der Waals surface area contributed by atoms with Crippen molar-refractivity contribution in [3.63, 3.8) is 0 Å². The molecule has 0 bridgehead atoms. The first-order chi connectivity index (χ1) is 41.0. The molecule has 5 radical (unpaired) electrons. The number of hydrogen-bond donors (Lipinski definition) is 10. The van der Waals surface area contributed by atoms with Gasteiger partial charge in [0.05, 0.1) is 19.6 Å². The number of thiol groups is 3. The standard InChI is InChI=1S/C21H28O6S2.C21H28O2S2.C11H16O3S.C11H16OS.C7H8OS.5Y/c1-12-8-13(20(2,3)4)10-16(18(12)22)29(26,27)17-11-14(21(5,6)7)9-15(19(17)23)28(24)25;1-12-8-13(20(2,3)4)10-16(18(12)22)25-17-11-14(21(5,6)7)9-15(24)19(17)23;1-7-5-8(11(2,3)4)6-9(10(7)12)15(13)14;1-7-5-8(11(2,3)4)6-9(13)10(7)12;1-5-3-2-4-6(9)7(5)8;;;;;/h8-11,22-23H,1-7H3,(H,24,25);8-11,22-24H,1-7H3;5-6,12H,1-4H3,(H,13,14);5-6,12-13H,1-4H3;2-4,8-9H,1H3;;;;;/p-2. The molecular weight excluding hydrogens is 1730 g/mol. The van der Waals surface area contributed by atoms with E-state index in [1.54, 1.807) is 46.8 Å². The Morgan fingerprint density at radius 3 is 0.969 bits per heavy atom. The summed E-state index contributed by atoms with van der Waals surface area (Å²) in [6.07, 6.45) is 0. The van der Waals surface area contributed by atoms with Crippen molar-refractivity contribution in [2.24, 2.45) is 0 Å². The van der Waals surface area contributed by atoms with Crippen molar-refractivity contribution in [1.82, 2.24) is 0 Å². The summed E-state index contributed by atoms with van der Waals surface area (Å²) >= 11 is 8.80. The first kappa shape index (κ1) is 100. The maximum atomic E-state index is 13.4. The van der Waals surface area contributed by atoms with Crippen molar-refractivity contribution < 1.29 is 225 Å². The number of rotatable bonds is 6. The summed E-state index contributed by atoms with van der Waals surface area (Å²) < 4.78 is 71.9. The van der Waals surface area contributed by atoms with Crippen molar-refractivity contribution in [2.75, 3.05) is 0 Å². The molecule has 0 aliphatic heterocycles. The summed E-state index contributed by atoms with van der Waals surface area (Å²) in [4.78, 5) is 1.85. The summed E-state index contributed by atoms with van der Waals surface area (Å²) in [5, 5.41) is 70.2. The van der Waals surface area contributed by atoms with Crippen LogP contribution >= 0.6 is 49.6 Å². The third kappa shape index (κ3) is 28.3. The quantitative estimate of drug-likeness (QED) is 0.0549. The van der Waals surface area contributed by atoms with E-state index in [9.17, 15) is 56.6 Å². The van der Waals surface area contributed by atoms with Crippen molar-refractivity contribution in [3.8, 4) is 40.2 Å². The van der Waals surface area contributed by atoms with E-state index in [2.05, 4.69) is 100 Å². The molecule has 2 unspecified atom stereocenters. The zero-order valence-electron chi connectivity index (χ0n) is 59.6. The molecule has 0 aromatic heterocycles.